The van der Waals surface area contributed by atoms with Crippen LogP contribution in [-0.4, -0.2) is 89.7 Å². The van der Waals surface area contributed by atoms with Gasteiger partial charge in [-0.2, -0.15) is 0 Å². The largest absolute Gasteiger partial charge is 0.445 e. The van der Waals surface area contributed by atoms with Crippen molar-refractivity contribution in [2.75, 3.05) is 19.7 Å². The van der Waals surface area contributed by atoms with Gasteiger partial charge in [-0.05, 0) is 42.2 Å². The third-order valence-electron chi connectivity index (χ3n) is 9.11. The molecule has 0 bridgehead atoms. The zero-order valence-electron chi connectivity index (χ0n) is 26.8. The first-order chi connectivity index (χ1) is 23.3. The second kappa shape index (κ2) is 14.8. The van der Waals surface area contributed by atoms with Crippen molar-refractivity contribution in [1.82, 2.24) is 20.4 Å². The van der Waals surface area contributed by atoms with Gasteiger partial charge in [0.2, 0.25) is 18.1 Å². The van der Waals surface area contributed by atoms with Crippen molar-refractivity contribution in [2.45, 2.75) is 76.1 Å². The van der Waals surface area contributed by atoms with E-state index < -0.39 is 54.3 Å². The summed E-state index contributed by atoms with van der Waals surface area (Å²) in [6.45, 7) is 2.10. The third kappa shape index (κ3) is 7.28. The molecule has 3 heterocycles. The standard InChI is InChI=1S/C36H40N4O8/c1-2-46-35-29(19-31(41)48-35)38-33(43)30-21-39(36(45)47-22-23-11-4-3-5-12-23)20-25-15-7-9-18-28(34(44)40(25)30)37-32(42)27-17-10-14-24-13-6-8-16-26(24)27/h3-6,8,10-14,16-17,25,28-30,35H,2,7,9,15,18-22H2,1H3,(H,37,42)(H,38,43)/t25-,28-,29?,30-,35?/m0/s1. The van der Waals surface area contributed by atoms with Gasteiger partial charge < -0.3 is 34.6 Å². The Hall–Kier alpha value is -4.97. The van der Waals surface area contributed by atoms with E-state index in [-0.39, 0.29) is 38.6 Å². The number of fused-ring (bicyclic) bond motifs is 2. The summed E-state index contributed by atoms with van der Waals surface area (Å²) in [7, 11) is 0. The number of nitrogens with zero attached hydrogens (tertiary/aromatic N) is 2. The molecule has 12 nitrogen and oxygen atoms in total. The minimum absolute atomic E-state index is 0.0557. The van der Waals surface area contributed by atoms with Crippen molar-refractivity contribution in [3.8, 4) is 0 Å². The van der Waals surface area contributed by atoms with E-state index in [0.29, 0.717) is 31.2 Å². The molecule has 3 aromatic rings. The van der Waals surface area contributed by atoms with E-state index in [2.05, 4.69) is 10.6 Å². The topological polar surface area (TPSA) is 144 Å². The summed E-state index contributed by atoms with van der Waals surface area (Å²) in [5.74, 6) is -1.84. The van der Waals surface area contributed by atoms with Crippen LogP contribution in [0.1, 0.15) is 54.9 Å². The Kier molecular flexibility index (Phi) is 10.2. The number of benzene rings is 3. The van der Waals surface area contributed by atoms with E-state index in [1.807, 2.05) is 60.7 Å². The maximum atomic E-state index is 14.4. The second-order valence-corrected chi connectivity index (χ2v) is 12.3. The number of cyclic esters (lactones) is 1. The average molecular weight is 657 g/mol. The number of ether oxygens (including phenoxy) is 3. The summed E-state index contributed by atoms with van der Waals surface area (Å²) in [4.78, 5) is 70.6. The van der Waals surface area contributed by atoms with E-state index in [1.165, 1.54) is 9.80 Å². The molecule has 6 rings (SSSR count). The highest BCUT2D eigenvalue weighted by Crippen LogP contribution is 2.28. The van der Waals surface area contributed by atoms with Gasteiger partial charge in [-0.3, -0.25) is 19.2 Å². The summed E-state index contributed by atoms with van der Waals surface area (Å²) in [5, 5.41) is 7.49. The van der Waals surface area contributed by atoms with Crippen LogP contribution in [0.4, 0.5) is 4.79 Å². The molecule has 12 heteroatoms. The number of carbonyl (C=O) groups is 5. The molecule has 0 radical (unpaired) electrons. The fraction of sp³-hybridized carbons (Fsp3) is 0.417. The van der Waals surface area contributed by atoms with Crippen molar-refractivity contribution in [1.29, 1.82) is 0 Å². The fourth-order valence-electron chi connectivity index (χ4n) is 6.77. The third-order valence-corrected chi connectivity index (χ3v) is 9.11. The molecule has 4 amide bonds. The van der Waals surface area contributed by atoms with E-state index in [0.717, 1.165) is 16.3 Å². The SMILES string of the molecule is CCOC1OC(=O)CC1NC(=O)[C@@H]1CN(C(=O)OCc2ccccc2)C[C@@H]2CCCC[C@H](NC(=O)c3cccc4ccccc34)C(=O)N21. The van der Waals surface area contributed by atoms with Gasteiger partial charge >= 0.3 is 12.1 Å². The Morgan fingerprint density at radius 1 is 0.896 bits per heavy atom. The van der Waals surface area contributed by atoms with Gasteiger partial charge in [0, 0.05) is 18.7 Å². The quantitative estimate of drug-likeness (QED) is 0.351. The number of piperazine rings is 1. The van der Waals surface area contributed by atoms with Gasteiger partial charge in [0.15, 0.2) is 0 Å². The molecule has 3 aliphatic rings. The monoisotopic (exact) mass is 656 g/mol. The molecule has 3 saturated heterocycles. The Balaban J connectivity index is 1.25. The fourth-order valence-corrected chi connectivity index (χ4v) is 6.77. The van der Waals surface area contributed by atoms with Gasteiger partial charge in [0.05, 0.1) is 19.0 Å². The van der Waals surface area contributed by atoms with Crippen LogP contribution in [-0.2, 0) is 35.2 Å². The van der Waals surface area contributed by atoms with E-state index in [4.69, 9.17) is 14.2 Å². The number of hydrogen-bond donors (Lipinski definition) is 2. The molecule has 2 N–H and O–H groups in total. The predicted octanol–water partition coefficient (Wildman–Crippen LogP) is 3.52. The van der Waals surface area contributed by atoms with Crippen molar-refractivity contribution >= 4 is 40.6 Å². The van der Waals surface area contributed by atoms with Crippen LogP contribution in [0, 0.1) is 0 Å². The van der Waals surface area contributed by atoms with Crippen LogP contribution in [0.5, 0.6) is 0 Å². The molecule has 3 aromatic carbocycles. The van der Waals surface area contributed by atoms with Crippen molar-refractivity contribution in [2.24, 2.45) is 0 Å². The predicted molar refractivity (Wildman–Crippen MR) is 174 cm³/mol. The molecule has 2 unspecified atom stereocenters. The van der Waals surface area contributed by atoms with Crippen molar-refractivity contribution in [3.05, 3.63) is 83.9 Å². The first-order valence-corrected chi connectivity index (χ1v) is 16.5. The number of carbonyl (C=O) groups excluding carboxylic acids is 5. The molecule has 3 aliphatic heterocycles. The first-order valence-electron chi connectivity index (χ1n) is 16.5. The van der Waals surface area contributed by atoms with E-state index in [1.54, 1.807) is 19.1 Å². The zero-order chi connectivity index (χ0) is 33.6. The molecule has 252 valence electrons. The Morgan fingerprint density at radius 2 is 1.65 bits per heavy atom. The lowest BCUT2D eigenvalue weighted by Crippen LogP contribution is -2.69. The summed E-state index contributed by atoms with van der Waals surface area (Å²) in [6.07, 6.45) is 0.679. The first kappa shape index (κ1) is 33.0. The number of esters is 1. The molecule has 5 atom stereocenters. The lowest BCUT2D eigenvalue weighted by atomic mass is 9.93. The average Bonchev–Trinajstić information content (AvgIpc) is 3.44. The van der Waals surface area contributed by atoms with E-state index >= 15 is 0 Å². The lowest BCUT2D eigenvalue weighted by Gasteiger charge is -2.47. The number of nitrogens with one attached hydrogen (secondary N) is 2. The van der Waals surface area contributed by atoms with Crippen LogP contribution in [0.2, 0.25) is 0 Å². The maximum absolute atomic E-state index is 14.4. The molecular formula is C36H40N4O8. The summed E-state index contributed by atoms with van der Waals surface area (Å²) < 4.78 is 16.4. The summed E-state index contributed by atoms with van der Waals surface area (Å²) in [6, 6.07) is 19.0. The van der Waals surface area contributed by atoms with Crippen molar-refractivity contribution in [3.63, 3.8) is 0 Å². The smallest absolute Gasteiger partial charge is 0.410 e. The van der Waals surface area contributed by atoms with Crippen LogP contribution < -0.4 is 10.6 Å². The Bertz CT molecular complexity index is 1660. The van der Waals surface area contributed by atoms with Gasteiger partial charge in [-0.15, -0.1) is 0 Å². The van der Waals surface area contributed by atoms with Gasteiger partial charge in [-0.25, -0.2) is 4.79 Å². The summed E-state index contributed by atoms with van der Waals surface area (Å²) >= 11 is 0. The molecule has 0 aromatic heterocycles. The molecular weight excluding hydrogens is 616 g/mol. The van der Waals surface area contributed by atoms with Crippen LogP contribution >= 0.6 is 0 Å². The minimum atomic E-state index is -1.12. The maximum Gasteiger partial charge on any atom is 0.410 e. The lowest BCUT2D eigenvalue weighted by molar-refractivity contribution is -0.165. The highest BCUT2D eigenvalue weighted by atomic mass is 16.7. The minimum Gasteiger partial charge on any atom is -0.445 e. The molecule has 48 heavy (non-hydrogen) atoms. The molecule has 0 saturated carbocycles. The molecule has 0 aliphatic carbocycles. The Labute approximate surface area is 278 Å². The van der Waals surface area contributed by atoms with Crippen LogP contribution in [0.25, 0.3) is 10.8 Å². The van der Waals surface area contributed by atoms with Crippen LogP contribution in [0.3, 0.4) is 0 Å². The molecule has 0 spiro atoms. The highest BCUT2D eigenvalue weighted by molar-refractivity contribution is 6.08. The zero-order valence-corrected chi connectivity index (χ0v) is 26.8. The molecule has 3 fully saturated rings. The number of rotatable bonds is 8. The number of hydrogen-bond acceptors (Lipinski definition) is 8. The van der Waals surface area contributed by atoms with E-state index in [9.17, 15) is 24.0 Å². The van der Waals surface area contributed by atoms with Crippen molar-refractivity contribution < 1.29 is 38.2 Å². The van der Waals surface area contributed by atoms with Gasteiger partial charge in [-0.1, -0.05) is 79.6 Å². The van der Waals surface area contributed by atoms with Crippen LogP contribution in [0.15, 0.2) is 72.8 Å². The highest BCUT2D eigenvalue weighted by Gasteiger charge is 2.47. The van der Waals surface area contributed by atoms with Gasteiger partial charge in [0.1, 0.15) is 24.7 Å². The summed E-state index contributed by atoms with van der Waals surface area (Å²) in [5.41, 5.74) is 1.27. The number of amides is 4. The van der Waals surface area contributed by atoms with Gasteiger partial charge in [0.25, 0.3) is 5.91 Å². The second-order valence-electron chi connectivity index (χ2n) is 12.3. The normalized spacial score (nSPS) is 24.2. The Morgan fingerprint density at radius 3 is 2.46 bits per heavy atom.